The summed E-state index contributed by atoms with van der Waals surface area (Å²) in [6, 6.07) is 12.3. The number of carbonyl (C=O) groups excluding carboxylic acids is 1. The minimum atomic E-state index is -0.841. The quantitative estimate of drug-likeness (QED) is 0.670. The van der Waals surface area contributed by atoms with Crippen LogP contribution in [-0.2, 0) is 0 Å². The Labute approximate surface area is 164 Å². The number of ether oxygens (including phenoxy) is 2. The molecule has 0 radical (unpaired) electrons. The normalized spacial score (nSPS) is 24.0. The first kappa shape index (κ1) is 20.1. The van der Waals surface area contributed by atoms with Gasteiger partial charge in [0.1, 0.15) is 5.75 Å². The molecule has 1 amide bonds. The maximum atomic E-state index is 12.5. The molecule has 0 bridgehead atoms. The molecule has 1 heterocycles. The van der Waals surface area contributed by atoms with Gasteiger partial charge in [-0.1, -0.05) is 6.07 Å². The Bertz CT molecular complexity index is 799. The van der Waals surface area contributed by atoms with E-state index in [0.717, 1.165) is 5.69 Å². The highest BCUT2D eigenvalue weighted by molar-refractivity contribution is 5.94. The number of benzene rings is 1. The Kier molecular flexibility index (Phi) is 6.16. The number of nitrogens with zero attached hydrogens (tertiary/aromatic N) is 1. The van der Waals surface area contributed by atoms with Gasteiger partial charge in [-0.2, -0.15) is 0 Å². The summed E-state index contributed by atoms with van der Waals surface area (Å²) in [4.78, 5) is 16.8. The van der Waals surface area contributed by atoms with Crippen molar-refractivity contribution < 1.29 is 24.5 Å². The summed E-state index contributed by atoms with van der Waals surface area (Å²) in [5, 5.41) is 23.0. The van der Waals surface area contributed by atoms with Crippen molar-refractivity contribution in [3.8, 4) is 11.6 Å². The predicted octanol–water partition coefficient (Wildman–Crippen LogP) is 1.71. The Morgan fingerprint density at radius 2 is 1.86 bits per heavy atom. The molecule has 3 atom stereocenters. The largest absolute Gasteiger partial charge is 0.497 e. The van der Waals surface area contributed by atoms with Crippen LogP contribution in [0.15, 0.2) is 42.5 Å². The first-order chi connectivity index (χ1) is 13.4. The molecule has 3 N–H and O–H groups in total. The molecule has 0 aliphatic heterocycles. The van der Waals surface area contributed by atoms with Crippen molar-refractivity contribution in [2.75, 3.05) is 20.3 Å². The van der Waals surface area contributed by atoms with Crippen LogP contribution in [0.1, 0.15) is 28.9 Å². The fourth-order valence-electron chi connectivity index (χ4n) is 3.49. The molecule has 0 saturated heterocycles. The van der Waals surface area contributed by atoms with Crippen LogP contribution >= 0.6 is 0 Å². The van der Waals surface area contributed by atoms with E-state index >= 15 is 0 Å². The summed E-state index contributed by atoms with van der Waals surface area (Å²) < 4.78 is 10.9. The lowest BCUT2D eigenvalue weighted by Crippen LogP contribution is -2.40. The number of carbonyl (C=O) groups is 1. The zero-order chi connectivity index (χ0) is 20.1. The highest BCUT2D eigenvalue weighted by Gasteiger charge is 2.45. The summed E-state index contributed by atoms with van der Waals surface area (Å²) in [6.45, 7) is 2.39. The van der Waals surface area contributed by atoms with Crippen LogP contribution in [0.5, 0.6) is 11.6 Å². The van der Waals surface area contributed by atoms with Crippen molar-refractivity contribution >= 4 is 5.91 Å². The lowest BCUT2D eigenvalue weighted by molar-refractivity contribution is 0.0438. The lowest BCUT2D eigenvalue weighted by Gasteiger charge is -2.29. The van der Waals surface area contributed by atoms with Crippen LogP contribution in [0.2, 0.25) is 0 Å². The van der Waals surface area contributed by atoms with Crippen LogP contribution in [0.4, 0.5) is 0 Å². The molecule has 1 aromatic carbocycles. The fraction of sp³-hybridized carbons (Fsp3) is 0.429. The molecule has 1 aliphatic rings. The van der Waals surface area contributed by atoms with Gasteiger partial charge in [-0.15, -0.1) is 0 Å². The van der Waals surface area contributed by atoms with E-state index in [9.17, 15) is 15.0 Å². The van der Waals surface area contributed by atoms with Gasteiger partial charge in [-0.3, -0.25) is 4.79 Å². The number of methoxy groups -OCH3 is 1. The zero-order valence-electron chi connectivity index (χ0n) is 16.1. The molecular weight excluding hydrogens is 360 g/mol. The van der Waals surface area contributed by atoms with E-state index in [2.05, 4.69) is 10.3 Å². The van der Waals surface area contributed by atoms with E-state index in [1.807, 2.05) is 19.1 Å². The Morgan fingerprint density at radius 3 is 2.46 bits per heavy atom. The number of nitrogens with one attached hydrogen (secondary N) is 1. The molecule has 2 aromatic rings. The number of aromatic nitrogens is 1. The van der Waals surface area contributed by atoms with Crippen molar-refractivity contribution in [1.29, 1.82) is 0 Å². The van der Waals surface area contributed by atoms with Crippen molar-refractivity contribution in [3.05, 3.63) is 53.7 Å². The molecule has 7 nitrogen and oxygen atoms in total. The molecule has 7 heteroatoms. The molecule has 1 unspecified atom stereocenters. The van der Waals surface area contributed by atoms with Gasteiger partial charge < -0.3 is 25.0 Å². The number of hydrogen-bond donors (Lipinski definition) is 3. The molecule has 28 heavy (non-hydrogen) atoms. The molecule has 1 aliphatic carbocycles. The van der Waals surface area contributed by atoms with Crippen LogP contribution < -0.4 is 14.8 Å². The summed E-state index contributed by atoms with van der Waals surface area (Å²) in [6.07, 6.45) is -1.01. The SMILES string of the molecule is COc1ccc(C(=O)NCC2(COc3cccc(C)n3)C[C@@H](O)[C@@H](O)C2)cc1. The number of pyridine rings is 1. The fourth-order valence-corrected chi connectivity index (χ4v) is 3.49. The van der Waals surface area contributed by atoms with Gasteiger partial charge in [0, 0.05) is 29.3 Å². The third-order valence-corrected chi connectivity index (χ3v) is 5.09. The number of hydrogen-bond acceptors (Lipinski definition) is 6. The van der Waals surface area contributed by atoms with E-state index < -0.39 is 17.6 Å². The zero-order valence-corrected chi connectivity index (χ0v) is 16.1. The second-order valence-electron chi connectivity index (χ2n) is 7.36. The van der Waals surface area contributed by atoms with E-state index in [1.165, 1.54) is 0 Å². The molecule has 1 aromatic heterocycles. The number of rotatable bonds is 7. The van der Waals surface area contributed by atoms with Gasteiger partial charge in [-0.25, -0.2) is 4.98 Å². The molecule has 1 fully saturated rings. The Balaban J connectivity index is 1.66. The number of aliphatic hydroxyl groups is 2. The first-order valence-corrected chi connectivity index (χ1v) is 9.26. The van der Waals surface area contributed by atoms with Gasteiger partial charge in [0.15, 0.2) is 0 Å². The average Bonchev–Trinajstić information content (AvgIpc) is 2.99. The Hall–Kier alpha value is -2.64. The monoisotopic (exact) mass is 386 g/mol. The summed E-state index contributed by atoms with van der Waals surface area (Å²) in [7, 11) is 1.57. The van der Waals surface area contributed by atoms with Crippen LogP contribution in [0.25, 0.3) is 0 Å². The second-order valence-corrected chi connectivity index (χ2v) is 7.36. The van der Waals surface area contributed by atoms with E-state index in [1.54, 1.807) is 37.4 Å². The number of aryl methyl sites for hydroxylation is 1. The lowest BCUT2D eigenvalue weighted by atomic mass is 9.86. The molecule has 0 spiro atoms. The van der Waals surface area contributed by atoms with Crippen molar-refractivity contribution in [2.45, 2.75) is 32.0 Å². The molecular formula is C21H26N2O5. The highest BCUT2D eigenvalue weighted by atomic mass is 16.5. The average molecular weight is 386 g/mol. The second kappa shape index (κ2) is 8.58. The maximum absolute atomic E-state index is 12.5. The van der Waals surface area contributed by atoms with Gasteiger partial charge in [0.2, 0.25) is 5.88 Å². The third kappa shape index (κ3) is 4.79. The smallest absolute Gasteiger partial charge is 0.251 e. The topological polar surface area (TPSA) is 101 Å². The Morgan fingerprint density at radius 1 is 1.18 bits per heavy atom. The van der Waals surface area contributed by atoms with Gasteiger partial charge in [0.05, 0.1) is 25.9 Å². The van der Waals surface area contributed by atoms with Crippen LogP contribution in [0, 0.1) is 12.3 Å². The van der Waals surface area contributed by atoms with Gasteiger partial charge in [-0.05, 0) is 50.1 Å². The van der Waals surface area contributed by atoms with Crippen molar-refractivity contribution in [2.24, 2.45) is 5.41 Å². The van der Waals surface area contributed by atoms with Gasteiger partial charge >= 0.3 is 0 Å². The maximum Gasteiger partial charge on any atom is 0.251 e. The van der Waals surface area contributed by atoms with E-state index in [-0.39, 0.29) is 19.1 Å². The molecule has 1 saturated carbocycles. The van der Waals surface area contributed by atoms with Crippen LogP contribution in [0.3, 0.4) is 0 Å². The summed E-state index contributed by atoms with van der Waals surface area (Å²) in [5.41, 5.74) is 0.772. The number of amides is 1. The predicted molar refractivity (Wildman–Crippen MR) is 103 cm³/mol. The van der Waals surface area contributed by atoms with E-state index in [4.69, 9.17) is 9.47 Å². The minimum absolute atomic E-state index is 0.230. The van der Waals surface area contributed by atoms with Crippen LogP contribution in [-0.4, -0.2) is 53.6 Å². The number of aliphatic hydroxyl groups excluding tert-OH is 2. The molecule has 150 valence electrons. The highest BCUT2D eigenvalue weighted by Crippen LogP contribution is 2.38. The molecule has 3 rings (SSSR count). The first-order valence-electron chi connectivity index (χ1n) is 9.26. The summed E-state index contributed by atoms with van der Waals surface area (Å²) in [5.74, 6) is 0.928. The standard InChI is InChI=1S/C21H26N2O5/c1-14-4-3-5-19(23-14)28-13-21(10-17(24)18(25)11-21)12-22-20(26)15-6-8-16(27-2)9-7-15/h3-9,17-18,24-25H,10-13H2,1-2H3,(H,22,26)/t17-,18+,21?. The minimum Gasteiger partial charge on any atom is -0.497 e. The van der Waals surface area contributed by atoms with Crippen molar-refractivity contribution in [1.82, 2.24) is 10.3 Å². The third-order valence-electron chi connectivity index (χ3n) is 5.09. The summed E-state index contributed by atoms with van der Waals surface area (Å²) >= 11 is 0. The van der Waals surface area contributed by atoms with Crippen molar-refractivity contribution in [3.63, 3.8) is 0 Å². The van der Waals surface area contributed by atoms with Gasteiger partial charge in [0.25, 0.3) is 5.91 Å². The van der Waals surface area contributed by atoms with E-state index in [0.29, 0.717) is 30.0 Å².